The van der Waals surface area contributed by atoms with Gasteiger partial charge in [-0.3, -0.25) is 4.79 Å². The van der Waals surface area contributed by atoms with Gasteiger partial charge < -0.3 is 4.90 Å². The van der Waals surface area contributed by atoms with Crippen LogP contribution in [0.5, 0.6) is 0 Å². The average Bonchev–Trinajstić information content (AvgIpc) is 2.87. The van der Waals surface area contributed by atoms with Gasteiger partial charge in [0.15, 0.2) is 9.84 Å². The van der Waals surface area contributed by atoms with Crippen LogP contribution in [-0.2, 0) is 24.7 Å². The third kappa shape index (κ3) is 3.20. The molecule has 2 unspecified atom stereocenters. The van der Waals surface area contributed by atoms with Crippen LogP contribution in [0.15, 0.2) is 29.2 Å². The fourth-order valence-electron chi connectivity index (χ4n) is 3.39. The number of carbonyl (C=O) groups excluding carboxylic acids is 1. The van der Waals surface area contributed by atoms with Crippen molar-refractivity contribution in [3.05, 3.63) is 24.3 Å². The van der Waals surface area contributed by atoms with Crippen LogP contribution in [0.3, 0.4) is 0 Å². The molecule has 132 valence electrons. The van der Waals surface area contributed by atoms with Crippen molar-refractivity contribution < 1.29 is 21.6 Å². The number of amides is 1. The van der Waals surface area contributed by atoms with Gasteiger partial charge in [0.05, 0.1) is 22.4 Å². The van der Waals surface area contributed by atoms with Gasteiger partial charge in [-0.15, -0.1) is 0 Å². The Hall–Kier alpha value is -1.45. The van der Waals surface area contributed by atoms with Gasteiger partial charge in [0, 0.05) is 24.1 Å². The van der Waals surface area contributed by atoms with Crippen LogP contribution in [0.1, 0.15) is 20.3 Å². The van der Waals surface area contributed by atoms with Crippen molar-refractivity contribution in [2.75, 3.05) is 16.4 Å². The molecule has 2 aliphatic heterocycles. The molecule has 2 heterocycles. The molecule has 0 saturated carbocycles. The summed E-state index contributed by atoms with van der Waals surface area (Å²) in [7, 11) is -6.71. The number of fused-ring (bicyclic) bond motifs is 1. The van der Waals surface area contributed by atoms with E-state index in [-0.39, 0.29) is 46.7 Å². The predicted octanol–water partition coefficient (Wildman–Crippen LogP) is 0.523. The van der Waals surface area contributed by atoms with E-state index >= 15 is 0 Å². The minimum absolute atomic E-state index is 0.0294. The van der Waals surface area contributed by atoms with E-state index in [0.717, 1.165) is 0 Å². The van der Waals surface area contributed by atoms with Crippen LogP contribution < -0.4 is 9.62 Å². The predicted molar refractivity (Wildman–Crippen MR) is 89.9 cm³/mol. The molecule has 0 aliphatic carbocycles. The van der Waals surface area contributed by atoms with Gasteiger partial charge >= 0.3 is 0 Å². The highest BCUT2D eigenvalue weighted by molar-refractivity contribution is 7.91. The van der Waals surface area contributed by atoms with Gasteiger partial charge in [-0.1, -0.05) is 0 Å². The molecule has 7 nitrogen and oxygen atoms in total. The van der Waals surface area contributed by atoms with E-state index in [2.05, 4.69) is 4.72 Å². The molecule has 0 bridgehead atoms. The molecule has 1 aromatic rings. The van der Waals surface area contributed by atoms with Gasteiger partial charge in [-0.2, -0.15) is 0 Å². The summed E-state index contributed by atoms with van der Waals surface area (Å²) in [6.45, 7) is 3.46. The van der Waals surface area contributed by atoms with Gasteiger partial charge in [0.1, 0.15) is 0 Å². The highest BCUT2D eigenvalue weighted by Crippen LogP contribution is 2.37. The van der Waals surface area contributed by atoms with Crippen molar-refractivity contribution in [2.45, 2.75) is 37.2 Å². The van der Waals surface area contributed by atoms with Crippen molar-refractivity contribution in [2.24, 2.45) is 5.92 Å². The monoisotopic (exact) mass is 372 g/mol. The number of rotatable bonds is 4. The molecular weight excluding hydrogens is 352 g/mol. The zero-order valence-corrected chi connectivity index (χ0v) is 15.1. The molecule has 1 N–H and O–H groups in total. The van der Waals surface area contributed by atoms with Crippen LogP contribution in [0.25, 0.3) is 0 Å². The maximum absolute atomic E-state index is 12.2. The molecule has 9 heteroatoms. The molecule has 2 saturated heterocycles. The Balaban J connectivity index is 1.87. The Morgan fingerprint density at radius 2 is 1.79 bits per heavy atom. The Labute approximate surface area is 142 Å². The maximum Gasteiger partial charge on any atom is 0.240 e. The number of benzene rings is 1. The van der Waals surface area contributed by atoms with Gasteiger partial charge in [-0.05, 0) is 38.1 Å². The lowest BCUT2D eigenvalue weighted by Crippen LogP contribution is -2.36. The van der Waals surface area contributed by atoms with Crippen molar-refractivity contribution >= 4 is 31.5 Å². The number of sulfone groups is 1. The van der Waals surface area contributed by atoms with Crippen LogP contribution >= 0.6 is 0 Å². The van der Waals surface area contributed by atoms with E-state index in [1.807, 2.05) is 0 Å². The molecule has 0 aromatic heterocycles. The van der Waals surface area contributed by atoms with Crippen LogP contribution in [0.4, 0.5) is 5.69 Å². The summed E-state index contributed by atoms with van der Waals surface area (Å²) in [6.07, 6.45) is 0.221. The summed E-state index contributed by atoms with van der Waals surface area (Å²) in [5.41, 5.74) is 0.535. The first-order chi connectivity index (χ1) is 11.1. The van der Waals surface area contributed by atoms with Crippen LogP contribution in [-0.4, -0.2) is 46.3 Å². The van der Waals surface area contributed by atoms with E-state index in [1.165, 1.54) is 17.0 Å². The van der Waals surface area contributed by atoms with Gasteiger partial charge in [-0.25, -0.2) is 21.6 Å². The smallest absolute Gasteiger partial charge is 0.240 e. The maximum atomic E-state index is 12.2. The van der Waals surface area contributed by atoms with Gasteiger partial charge in [0.25, 0.3) is 0 Å². The van der Waals surface area contributed by atoms with Crippen LogP contribution in [0.2, 0.25) is 0 Å². The summed E-state index contributed by atoms with van der Waals surface area (Å²) in [5.74, 6) is -0.271. The van der Waals surface area contributed by atoms with E-state index < -0.39 is 19.9 Å². The minimum atomic E-state index is -3.60. The Bertz CT molecular complexity index is 860. The van der Waals surface area contributed by atoms with Crippen molar-refractivity contribution in [1.82, 2.24) is 4.72 Å². The number of hydrogen-bond acceptors (Lipinski definition) is 5. The molecule has 1 amide bonds. The Morgan fingerprint density at radius 3 is 2.38 bits per heavy atom. The summed E-state index contributed by atoms with van der Waals surface area (Å²) >= 11 is 0. The quantitative estimate of drug-likeness (QED) is 0.831. The first-order valence-electron chi connectivity index (χ1n) is 7.74. The number of nitrogens with one attached hydrogen (secondary N) is 1. The number of carbonyl (C=O) groups is 1. The number of sulfonamides is 1. The lowest BCUT2D eigenvalue weighted by atomic mass is 10.1. The normalized spacial score (nSPS) is 26.1. The fraction of sp³-hybridized carbons (Fsp3) is 0.533. The summed E-state index contributed by atoms with van der Waals surface area (Å²) in [5, 5.41) is 0. The van der Waals surface area contributed by atoms with Crippen molar-refractivity contribution in [1.29, 1.82) is 0 Å². The zero-order chi connectivity index (χ0) is 17.7. The van der Waals surface area contributed by atoms with Crippen LogP contribution in [0, 0.1) is 5.92 Å². The largest absolute Gasteiger partial charge is 0.308 e. The second-order valence-electron chi connectivity index (χ2n) is 6.64. The Kier molecular flexibility index (Phi) is 4.21. The number of anilines is 1. The average molecular weight is 372 g/mol. The third-order valence-electron chi connectivity index (χ3n) is 4.29. The first kappa shape index (κ1) is 17.4. The first-order valence-corrected chi connectivity index (χ1v) is 11.0. The number of nitrogens with zero attached hydrogens (tertiary/aromatic N) is 1. The summed E-state index contributed by atoms with van der Waals surface area (Å²) in [6, 6.07) is 5.41. The fourth-order valence-corrected chi connectivity index (χ4v) is 6.71. The molecule has 2 fully saturated rings. The van der Waals surface area contributed by atoms with E-state index in [4.69, 9.17) is 0 Å². The highest BCUT2D eigenvalue weighted by Gasteiger charge is 2.49. The minimum Gasteiger partial charge on any atom is -0.308 e. The molecule has 0 radical (unpaired) electrons. The number of hydrogen-bond donors (Lipinski definition) is 1. The molecule has 1 aromatic carbocycles. The molecule has 0 spiro atoms. The summed E-state index contributed by atoms with van der Waals surface area (Å²) in [4.78, 5) is 13.8. The molecule has 2 atom stereocenters. The standard InChI is InChI=1S/C15H20N2O5S2/c1-10(2)16-24(21,22)13-5-3-12(4-6-13)17-14-9-23(19,20)8-11(14)7-15(17)18/h3-6,10-11,14,16H,7-9H2,1-2H3. The highest BCUT2D eigenvalue weighted by atomic mass is 32.2. The van der Waals surface area contributed by atoms with Crippen molar-refractivity contribution in [3.8, 4) is 0 Å². The van der Waals surface area contributed by atoms with E-state index in [9.17, 15) is 21.6 Å². The molecular formula is C15H20N2O5S2. The van der Waals surface area contributed by atoms with Gasteiger partial charge in [0.2, 0.25) is 15.9 Å². The lowest BCUT2D eigenvalue weighted by molar-refractivity contribution is -0.117. The molecule has 2 aliphatic rings. The van der Waals surface area contributed by atoms with E-state index in [0.29, 0.717) is 5.69 Å². The zero-order valence-electron chi connectivity index (χ0n) is 13.5. The van der Waals surface area contributed by atoms with E-state index in [1.54, 1.807) is 26.0 Å². The Morgan fingerprint density at radius 1 is 1.17 bits per heavy atom. The molecule has 24 heavy (non-hydrogen) atoms. The second kappa shape index (κ2) is 5.82. The third-order valence-corrected chi connectivity index (χ3v) is 7.75. The molecule has 3 rings (SSSR count). The van der Waals surface area contributed by atoms with Crippen molar-refractivity contribution in [3.63, 3.8) is 0 Å². The topological polar surface area (TPSA) is 101 Å². The SMILES string of the molecule is CC(C)NS(=O)(=O)c1ccc(N2C(=O)CC3CS(=O)(=O)CC32)cc1. The summed E-state index contributed by atoms with van der Waals surface area (Å²) < 4.78 is 50.3. The second-order valence-corrected chi connectivity index (χ2v) is 10.5. The lowest BCUT2D eigenvalue weighted by Gasteiger charge is -2.23.